The lowest BCUT2D eigenvalue weighted by molar-refractivity contribution is 0.457. The van der Waals surface area contributed by atoms with Crippen LogP contribution in [0.3, 0.4) is 0 Å². The summed E-state index contributed by atoms with van der Waals surface area (Å²) in [7, 11) is 0. The van der Waals surface area contributed by atoms with Crippen LogP contribution in [-0.4, -0.2) is 9.97 Å². The van der Waals surface area contributed by atoms with Gasteiger partial charge in [-0.3, -0.25) is 0 Å². The van der Waals surface area contributed by atoms with Gasteiger partial charge in [0, 0.05) is 6.20 Å². The Kier molecular flexibility index (Phi) is 3.60. The summed E-state index contributed by atoms with van der Waals surface area (Å²) in [6, 6.07) is 5.62. The first-order chi connectivity index (χ1) is 7.66. The van der Waals surface area contributed by atoms with E-state index in [-0.39, 0.29) is 0 Å². The number of ether oxygens (including phenoxy) is 1. The van der Waals surface area contributed by atoms with Crippen molar-refractivity contribution in [2.75, 3.05) is 0 Å². The number of benzene rings is 1. The van der Waals surface area contributed by atoms with E-state index in [1.807, 2.05) is 25.1 Å². The molecule has 0 aliphatic heterocycles. The van der Waals surface area contributed by atoms with Crippen LogP contribution in [0.25, 0.3) is 0 Å². The molecule has 0 unspecified atom stereocenters. The highest BCUT2D eigenvalue weighted by molar-refractivity contribution is 14.1. The molecule has 0 aliphatic carbocycles. The van der Waals surface area contributed by atoms with Crippen molar-refractivity contribution in [1.82, 2.24) is 9.97 Å². The lowest BCUT2D eigenvalue weighted by Crippen LogP contribution is -1.92. The van der Waals surface area contributed by atoms with Gasteiger partial charge in [0.2, 0.25) is 5.88 Å². The van der Waals surface area contributed by atoms with Gasteiger partial charge < -0.3 is 4.74 Å². The third kappa shape index (κ3) is 2.62. The van der Waals surface area contributed by atoms with Gasteiger partial charge in [-0.2, -0.15) is 0 Å². The highest BCUT2D eigenvalue weighted by Crippen LogP contribution is 2.30. The molecule has 0 fully saturated rings. The number of hydrogen-bond acceptors (Lipinski definition) is 3. The average Bonchev–Trinajstić information content (AvgIpc) is 2.25. The molecule has 3 nitrogen and oxygen atoms in total. The maximum Gasteiger partial charge on any atom is 0.235 e. The fraction of sp³-hybridized carbons (Fsp3) is 0.0909. The van der Waals surface area contributed by atoms with Crippen molar-refractivity contribution in [2.24, 2.45) is 0 Å². The second kappa shape index (κ2) is 4.97. The average molecular weight is 347 g/mol. The summed E-state index contributed by atoms with van der Waals surface area (Å²) in [5, 5.41) is 0.578. The summed E-state index contributed by atoms with van der Waals surface area (Å²) in [6.45, 7) is 1.98. The fourth-order valence-electron chi connectivity index (χ4n) is 1.17. The molecule has 5 heteroatoms. The van der Waals surface area contributed by atoms with Crippen LogP contribution in [-0.2, 0) is 0 Å². The van der Waals surface area contributed by atoms with E-state index in [0.29, 0.717) is 16.7 Å². The van der Waals surface area contributed by atoms with Gasteiger partial charge in [-0.25, -0.2) is 9.97 Å². The summed E-state index contributed by atoms with van der Waals surface area (Å²) in [4.78, 5) is 7.93. The van der Waals surface area contributed by atoms with Crippen molar-refractivity contribution in [1.29, 1.82) is 0 Å². The third-order valence-corrected chi connectivity index (χ3v) is 2.96. The molecule has 0 N–H and O–H groups in total. The molecule has 0 atom stereocenters. The molecular formula is C11H8ClIN2O. The zero-order chi connectivity index (χ0) is 11.5. The Hall–Kier alpha value is -0.880. The molecule has 0 amide bonds. The number of halogens is 2. The highest BCUT2D eigenvalue weighted by Gasteiger charge is 2.07. The van der Waals surface area contributed by atoms with Crippen molar-refractivity contribution < 1.29 is 4.74 Å². The lowest BCUT2D eigenvalue weighted by Gasteiger charge is -2.07. The van der Waals surface area contributed by atoms with Crippen LogP contribution in [0.2, 0.25) is 5.02 Å². The third-order valence-electron chi connectivity index (χ3n) is 1.93. The zero-order valence-corrected chi connectivity index (χ0v) is 11.4. The maximum atomic E-state index is 6.06. The molecule has 0 spiro atoms. The minimum absolute atomic E-state index is 0.515. The molecule has 0 bridgehead atoms. The minimum Gasteiger partial charge on any atom is -0.436 e. The normalized spacial score (nSPS) is 10.2. The van der Waals surface area contributed by atoms with E-state index in [1.165, 1.54) is 6.33 Å². The van der Waals surface area contributed by atoms with Gasteiger partial charge in [0.25, 0.3) is 0 Å². The maximum absolute atomic E-state index is 6.06. The first-order valence-electron chi connectivity index (χ1n) is 4.56. The molecule has 1 aromatic heterocycles. The first-order valence-corrected chi connectivity index (χ1v) is 6.02. The number of aryl methyl sites for hydroxylation is 1. The summed E-state index contributed by atoms with van der Waals surface area (Å²) in [6.07, 6.45) is 3.13. The predicted molar refractivity (Wildman–Crippen MR) is 71.0 cm³/mol. The van der Waals surface area contributed by atoms with E-state index in [9.17, 15) is 0 Å². The fourth-order valence-corrected chi connectivity index (χ4v) is 1.85. The van der Waals surface area contributed by atoms with Gasteiger partial charge in [0.15, 0.2) is 0 Å². The first kappa shape index (κ1) is 11.6. The summed E-state index contributed by atoms with van der Waals surface area (Å²) < 4.78 is 6.45. The van der Waals surface area contributed by atoms with Gasteiger partial charge in [0.1, 0.15) is 12.1 Å². The van der Waals surface area contributed by atoms with E-state index in [1.54, 1.807) is 6.20 Å². The standard InChI is InChI=1S/C11H8ClIN2O/c1-7-2-3-10(8(12)4-7)16-11-9(13)5-14-6-15-11/h2-6H,1H3. The smallest absolute Gasteiger partial charge is 0.235 e. The van der Waals surface area contributed by atoms with Crippen LogP contribution in [0, 0.1) is 10.5 Å². The molecule has 82 valence electrons. The van der Waals surface area contributed by atoms with E-state index in [0.717, 1.165) is 9.13 Å². The number of nitrogens with zero attached hydrogens (tertiary/aromatic N) is 2. The lowest BCUT2D eigenvalue weighted by atomic mass is 10.2. The molecule has 0 radical (unpaired) electrons. The number of rotatable bonds is 2. The van der Waals surface area contributed by atoms with Crippen LogP contribution in [0.4, 0.5) is 0 Å². The monoisotopic (exact) mass is 346 g/mol. The molecule has 2 rings (SSSR count). The summed E-state index contributed by atoms with van der Waals surface area (Å²) in [5.74, 6) is 1.12. The van der Waals surface area contributed by atoms with Crippen molar-refractivity contribution in [3.05, 3.63) is 44.9 Å². The Morgan fingerprint density at radius 3 is 2.88 bits per heavy atom. The molecule has 2 aromatic rings. The summed E-state index contributed by atoms with van der Waals surface area (Å²) >= 11 is 8.17. The second-order valence-electron chi connectivity index (χ2n) is 3.21. The summed E-state index contributed by atoms with van der Waals surface area (Å²) in [5.41, 5.74) is 1.09. The molecule has 1 aromatic carbocycles. The molecule has 0 saturated heterocycles. The van der Waals surface area contributed by atoms with Crippen molar-refractivity contribution in [3.63, 3.8) is 0 Å². The Balaban J connectivity index is 2.31. The number of aromatic nitrogens is 2. The van der Waals surface area contributed by atoms with Gasteiger partial charge in [-0.05, 0) is 47.2 Å². The predicted octanol–water partition coefficient (Wildman–Crippen LogP) is 3.84. The minimum atomic E-state index is 0.515. The van der Waals surface area contributed by atoms with E-state index >= 15 is 0 Å². The quantitative estimate of drug-likeness (QED) is 0.775. The van der Waals surface area contributed by atoms with Gasteiger partial charge in [0.05, 0.1) is 8.59 Å². The van der Waals surface area contributed by atoms with Gasteiger partial charge in [-0.15, -0.1) is 0 Å². The Morgan fingerprint density at radius 1 is 1.38 bits per heavy atom. The van der Waals surface area contributed by atoms with Crippen molar-refractivity contribution in [3.8, 4) is 11.6 Å². The van der Waals surface area contributed by atoms with Gasteiger partial charge in [-0.1, -0.05) is 17.7 Å². The second-order valence-corrected chi connectivity index (χ2v) is 4.78. The van der Waals surface area contributed by atoms with Crippen LogP contribution in [0.1, 0.15) is 5.56 Å². The molecule has 0 aliphatic rings. The topological polar surface area (TPSA) is 35.0 Å². The molecule has 0 saturated carbocycles. The zero-order valence-electron chi connectivity index (χ0n) is 8.45. The molecule has 16 heavy (non-hydrogen) atoms. The van der Waals surface area contributed by atoms with E-state index in [4.69, 9.17) is 16.3 Å². The van der Waals surface area contributed by atoms with Crippen LogP contribution < -0.4 is 4.74 Å². The van der Waals surface area contributed by atoms with E-state index < -0.39 is 0 Å². The Morgan fingerprint density at radius 2 is 2.19 bits per heavy atom. The van der Waals surface area contributed by atoms with Crippen LogP contribution >= 0.6 is 34.2 Å². The van der Waals surface area contributed by atoms with E-state index in [2.05, 4.69) is 32.6 Å². The highest BCUT2D eigenvalue weighted by atomic mass is 127. The van der Waals surface area contributed by atoms with Crippen molar-refractivity contribution in [2.45, 2.75) is 6.92 Å². The Labute approximate surface area is 112 Å². The van der Waals surface area contributed by atoms with Crippen LogP contribution in [0.5, 0.6) is 11.6 Å². The molecule has 1 heterocycles. The number of hydrogen-bond donors (Lipinski definition) is 0. The van der Waals surface area contributed by atoms with Crippen LogP contribution in [0.15, 0.2) is 30.7 Å². The SMILES string of the molecule is Cc1ccc(Oc2ncncc2I)c(Cl)c1. The molecular weight excluding hydrogens is 338 g/mol. The Bertz CT molecular complexity index is 519. The van der Waals surface area contributed by atoms with Crippen molar-refractivity contribution >= 4 is 34.2 Å². The largest absolute Gasteiger partial charge is 0.436 e. The van der Waals surface area contributed by atoms with Gasteiger partial charge >= 0.3 is 0 Å².